The molecule has 170 valence electrons. The van der Waals surface area contributed by atoms with Crippen molar-refractivity contribution in [2.24, 2.45) is 23.7 Å². The lowest BCUT2D eigenvalue weighted by atomic mass is 9.78. The molecule has 0 amide bonds. The number of unbranched alkanes of at least 4 members (excludes halogenated alkanes) is 2. The van der Waals surface area contributed by atoms with Gasteiger partial charge in [-0.2, -0.15) is 0 Å². The molecule has 0 spiro atoms. The maximum Gasteiger partial charge on any atom is 0.119 e. The molecule has 2 fully saturated rings. The van der Waals surface area contributed by atoms with Crippen LogP contribution in [0.5, 0.6) is 11.5 Å². The van der Waals surface area contributed by atoms with Gasteiger partial charge in [0.1, 0.15) is 11.5 Å². The molecular weight excluding hydrogens is 368 g/mol. The first-order valence-corrected chi connectivity index (χ1v) is 13.1. The van der Waals surface area contributed by atoms with Crippen molar-refractivity contribution in [1.82, 2.24) is 0 Å². The van der Waals surface area contributed by atoms with E-state index in [1.807, 2.05) is 0 Å². The summed E-state index contributed by atoms with van der Waals surface area (Å²) < 4.78 is 12.1. The minimum atomic E-state index is 0.741. The van der Waals surface area contributed by atoms with Gasteiger partial charge >= 0.3 is 0 Å². The van der Waals surface area contributed by atoms with Crippen LogP contribution in [0.25, 0.3) is 0 Å². The fraction of sp³-hybridized carbons (Fsp3) is 0.786. The van der Waals surface area contributed by atoms with Gasteiger partial charge in [-0.15, -0.1) is 0 Å². The van der Waals surface area contributed by atoms with Gasteiger partial charge in [0.15, 0.2) is 0 Å². The third-order valence-electron chi connectivity index (χ3n) is 7.77. The van der Waals surface area contributed by atoms with Gasteiger partial charge in [-0.25, -0.2) is 0 Å². The molecule has 0 N–H and O–H groups in total. The second-order valence-electron chi connectivity index (χ2n) is 10.2. The van der Waals surface area contributed by atoms with E-state index in [0.717, 1.165) is 48.4 Å². The topological polar surface area (TPSA) is 18.5 Å². The van der Waals surface area contributed by atoms with Gasteiger partial charge < -0.3 is 9.47 Å². The van der Waals surface area contributed by atoms with Crippen LogP contribution in [0.3, 0.4) is 0 Å². The van der Waals surface area contributed by atoms with E-state index in [2.05, 4.69) is 38.1 Å². The van der Waals surface area contributed by atoms with Gasteiger partial charge in [0.25, 0.3) is 0 Å². The van der Waals surface area contributed by atoms with Crippen LogP contribution in [-0.4, -0.2) is 13.2 Å². The molecule has 0 radical (unpaired) electrons. The lowest BCUT2D eigenvalue weighted by Crippen LogP contribution is -2.20. The van der Waals surface area contributed by atoms with Gasteiger partial charge in [0.2, 0.25) is 0 Å². The van der Waals surface area contributed by atoms with E-state index in [1.165, 1.54) is 89.9 Å². The molecule has 2 heteroatoms. The van der Waals surface area contributed by atoms with E-state index >= 15 is 0 Å². The summed E-state index contributed by atoms with van der Waals surface area (Å²) in [6.07, 6.45) is 19.3. The van der Waals surface area contributed by atoms with Gasteiger partial charge in [-0.3, -0.25) is 0 Å². The van der Waals surface area contributed by atoms with Crippen LogP contribution < -0.4 is 9.47 Å². The van der Waals surface area contributed by atoms with Crippen molar-refractivity contribution in [2.45, 2.75) is 104 Å². The standard InChI is InChI=1S/C28H46O2/c1-3-4-5-10-24-13-15-25(16-14-24)22-30-28-19-17-27(18-20-28)29-21-8-12-26-11-7-6-9-23(26)2/h17-20,23-26H,3-16,21-22H2,1-2H3. The van der Waals surface area contributed by atoms with Gasteiger partial charge in [0, 0.05) is 0 Å². The number of hydrogen-bond donors (Lipinski definition) is 0. The first-order valence-electron chi connectivity index (χ1n) is 13.1. The second-order valence-corrected chi connectivity index (χ2v) is 10.2. The molecule has 2 aliphatic carbocycles. The van der Waals surface area contributed by atoms with Crippen molar-refractivity contribution < 1.29 is 9.47 Å². The lowest BCUT2D eigenvalue weighted by Gasteiger charge is -2.28. The Hall–Kier alpha value is -1.18. The SMILES string of the molecule is CCCCCC1CCC(COc2ccc(OCCCC3CCCCC3C)cc2)CC1. The Morgan fingerprint density at radius 2 is 1.40 bits per heavy atom. The van der Waals surface area contributed by atoms with Crippen molar-refractivity contribution in [1.29, 1.82) is 0 Å². The molecule has 0 aliphatic heterocycles. The zero-order valence-electron chi connectivity index (χ0n) is 19.7. The highest BCUT2D eigenvalue weighted by atomic mass is 16.5. The first kappa shape index (κ1) is 23.5. The predicted octanol–water partition coefficient (Wildman–Crippen LogP) is 8.44. The van der Waals surface area contributed by atoms with Gasteiger partial charge in [0.05, 0.1) is 13.2 Å². The number of hydrogen-bond acceptors (Lipinski definition) is 2. The summed E-state index contributed by atoms with van der Waals surface area (Å²) in [6, 6.07) is 8.30. The number of benzene rings is 1. The maximum absolute atomic E-state index is 6.10. The zero-order valence-corrected chi connectivity index (χ0v) is 19.7. The molecule has 2 nitrogen and oxygen atoms in total. The average molecular weight is 415 g/mol. The van der Waals surface area contributed by atoms with E-state index < -0.39 is 0 Å². The summed E-state index contributed by atoms with van der Waals surface area (Å²) >= 11 is 0. The van der Waals surface area contributed by atoms with Gasteiger partial charge in [-0.05, 0) is 73.6 Å². The molecule has 1 aromatic rings. The van der Waals surface area contributed by atoms with Crippen LogP contribution >= 0.6 is 0 Å². The van der Waals surface area contributed by atoms with E-state index in [4.69, 9.17) is 9.47 Å². The molecule has 2 aliphatic rings. The molecule has 2 saturated carbocycles. The number of rotatable bonds is 12. The summed E-state index contributed by atoms with van der Waals surface area (Å²) in [4.78, 5) is 0. The fourth-order valence-corrected chi connectivity index (χ4v) is 5.57. The highest BCUT2D eigenvalue weighted by molar-refractivity contribution is 5.31. The fourth-order valence-electron chi connectivity index (χ4n) is 5.57. The quantitative estimate of drug-likeness (QED) is 0.319. The van der Waals surface area contributed by atoms with Crippen molar-refractivity contribution in [2.75, 3.05) is 13.2 Å². The molecule has 30 heavy (non-hydrogen) atoms. The minimum Gasteiger partial charge on any atom is -0.494 e. The summed E-state index contributed by atoms with van der Waals surface area (Å²) in [5.74, 6) is 5.52. The van der Waals surface area contributed by atoms with Crippen molar-refractivity contribution in [3.63, 3.8) is 0 Å². The van der Waals surface area contributed by atoms with Crippen LogP contribution in [0, 0.1) is 23.7 Å². The van der Waals surface area contributed by atoms with Crippen molar-refractivity contribution in [3.8, 4) is 11.5 Å². The average Bonchev–Trinajstić information content (AvgIpc) is 2.78. The molecule has 0 heterocycles. The van der Waals surface area contributed by atoms with E-state index in [9.17, 15) is 0 Å². The minimum absolute atomic E-state index is 0.741. The zero-order chi connectivity index (χ0) is 21.0. The van der Waals surface area contributed by atoms with Crippen molar-refractivity contribution in [3.05, 3.63) is 24.3 Å². The van der Waals surface area contributed by atoms with Crippen LogP contribution in [-0.2, 0) is 0 Å². The Morgan fingerprint density at radius 3 is 2.10 bits per heavy atom. The lowest BCUT2D eigenvalue weighted by molar-refractivity contribution is 0.177. The highest BCUT2D eigenvalue weighted by Gasteiger charge is 2.22. The molecule has 0 bridgehead atoms. The van der Waals surface area contributed by atoms with Crippen LogP contribution in [0.4, 0.5) is 0 Å². The molecule has 2 atom stereocenters. The van der Waals surface area contributed by atoms with Crippen molar-refractivity contribution >= 4 is 0 Å². The van der Waals surface area contributed by atoms with Gasteiger partial charge in [-0.1, -0.05) is 78.1 Å². The molecular formula is C28H46O2. The Labute approximate surface area is 186 Å². The first-order chi connectivity index (χ1) is 14.7. The molecule has 2 unspecified atom stereocenters. The Morgan fingerprint density at radius 1 is 0.733 bits per heavy atom. The largest absolute Gasteiger partial charge is 0.494 e. The van der Waals surface area contributed by atoms with E-state index in [0.29, 0.717) is 0 Å². The Bertz CT molecular complexity index is 559. The molecule has 0 saturated heterocycles. The second kappa shape index (κ2) is 13.3. The third kappa shape index (κ3) is 8.16. The summed E-state index contributed by atoms with van der Waals surface area (Å²) in [5, 5.41) is 0. The van der Waals surface area contributed by atoms with Crippen LogP contribution in [0.2, 0.25) is 0 Å². The predicted molar refractivity (Wildman–Crippen MR) is 127 cm³/mol. The Kier molecular flexibility index (Phi) is 10.4. The highest BCUT2D eigenvalue weighted by Crippen LogP contribution is 2.33. The smallest absolute Gasteiger partial charge is 0.119 e. The summed E-state index contributed by atoms with van der Waals surface area (Å²) in [7, 11) is 0. The van der Waals surface area contributed by atoms with E-state index in [1.54, 1.807) is 0 Å². The van der Waals surface area contributed by atoms with Crippen LogP contribution in [0.1, 0.15) is 104 Å². The third-order valence-corrected chi connectivity index (χ3v) is 7.77. The summed E-state index contributed by atoms with van der Waals surface area (Å²) in [5.41, 5.74) is 0. The Balaban J connectivity index is 1.27. The summed E-state index contributed by atoms with van der Waals surface area (Å²) in [6.45, 7) is 6.44. The molecule has 1 aromatic carbocycles. The van der Waals surface area contributed by atoms with E-state index in [-0.39, 0.29) is 0 Å². The monoisotopic (exact) mass is 414 g/mol. The molecule has 3 rings (SSSR count). The maximum atomic E-state index is 6.10. The normalized spacial score (nSPS) is 27.0. The van der Waals surface area contributed by atoms with Crippen LogP contribution in [0.15, 0.2) is 24.3 Å². The number of ether oxygens (including phenoxy) is 2. The molecule has 0 aromatic heterocycles.